The van der Waals surface area contributed by atoms with E-state index in [1.54, 1.807) is 7.05 Å². The molecule has 7 heteroatoms. The molecule has 1 fully saturated rings. The van der Waals surface area contributed by atoms with Crippen LogP contribution in [0.1, 0.15) is 41.8 Å². The first-order valence-electron chi connectivity index (χ1n) is 7.73. The maximum absolute atomic E-state index is 13.2. The van der Waals surface area contributed by atoms with Crippen molar-refractivity contribution < 1.29 is 13.3 Å². The Morgan fingerprint density at radius 1 is 1.25 bits per heavy atom. The summed E-state index contributed by atoms with van der Waals surface area (Å²) in [5.74, 6) is 0.582. The predicted molar refractivity (Wildman–Crippen MR) is 82.7 cm³/mol. The van der Waals surface area contributed by atoms with Gasteiger partial charge in [0, 0.05) is 13.2 Å². The number of hydrogen-bond acceptors (Lipinski definition) is 4. The number of aromatic nitrogens is 4. The molecule has 24 heavy (non-hydrogen) atoms. The summed E-state index contributed by atoms with van der Waals surface area (Å²) in [5, 5.41) is 8.12. The van der Waals surface area contributed by atoms with Crippen LogP contribution >= 0.6 is 0 Å². The molecular weight excluding hydrogens is 314 g/mol. The van der Waals surface area contributed by atoms with E-state index in [4.69, 9.17) is 4.52 Å². The Labute approximate surface area is 137 Å². The first kappa shape index (κ1) is 15.0. The smallest absolute Gasteiger partial charge is 0.278 e. The average molecular weight is 330 g/mol. The Balaban J connectivity index is 1.75. The molecule has 0 bridgehead atoms. The molecule has 2 heterocycles. The highest BCUT2D eigenvalue weighted by Gasteiger charge is 2.50. The second-order valence-corrected chi connectivity index (χ2v) is 6.23. The Bertz CT molecular complexity index is 896. The molecule has 0 amide bonds. The van der Waals surface area contributed by atoms with Crippen LogP contribution in [0.4, 0.5) is 8.78 Å². The molecule has 0 N–H and O–H groups in total. The number of benzene rings is 1. The molecule has 0 aliphatic heterocycles. The fraction of sp³-hybridized carbons (Fsp3) is 0.353. The second kappa shape index (κ2) is 5.22. The first-order valence-corrected chi connectivity index (χ1v) is 7.73. The highest BCUT2D eigenvalue weighted by Crippen LogP contribution is 2.53. The van der Waals surface area contributed by atoms with E-state index in [1.807, 2.05) is 25.1 Å². The number of hydrogen-bond donors (Lipinski definition) is 0. The molecule has 1 aromatic carbocycles. The highest BCUT2D eigenvalue weighted by molar-refractivity contribution is 5.54. The zero-order valence-corrected chi connectivity index (χ0v) is 13.3. The number of rotatable bonds is 4. The number of nitrogens with zero attached hydrogens (tertiary/aromatic N) is 4. The molecule has 3 aromatic rings. The molecule has 0 saturated heterocycles. The molecule has 0 atom stereocenters. The molecule has 4 rings (SSSR count). The quantitative estimate of drug-likeness (QED) is 0.730. The summed E-state index contributed by atoms with van der Waals surface area (Å²) in [6, 6.07) is 8.07. The summed E-state index contributed by atoms with van der Waals surface area (Å²) in [7, 11) is 1.59. The maximum Gasteiger partial charge on any atom is 0.278 e. The van der Waals surface area contributed by atoms with Crippen molar-refractivity contribution in [2.24, 2.45) is 7.05 Å². The van der Waals surface area contributed by atoms with Crippen molar-refractivity contribution >= 4 is 0 Å². The Hall–Kier alpha value is -2.57. The molecule has 1 aliphatic rings. The van der Waals surface area contributed by atoms with Crippen LogP contribution in [0.3, 0.4) is 0 Å². The van der Waals surface area contributed by atoms with Crippen molar-refractivity contribution in [2.45, 2.75) is 31.6 Å². The van der Waals surface area contributed by atoms with Crippen molar-refractivity contribution in [2.75, 3.05) is 0 Å². The van der Waals surface area contributed by atoms with Crippen LogP contribution in [-0.4, -0.2) is 19.9 Å². The van der Waals surface area contributed by atoms with Gasteiger partial charge in [0.05, 0.1) is 11.0 Å². The highest BCUT2D eigenvalue weighted by atomic mass is 19.3. The molecule has 1 aliphatic carbocycles. The van der Waals surface area contributed by atoms with Crippen LogP contribution in [0.15, 0.2) is 35.0 Å². The average Bonchev–Trinajstić information content (AvgIpc) is 3.02. The van der Waals surface area contributed by atoms with Gasteiger partial charge in [-0.25, -0.2) is 8.78 Å². The van der Waals surface area contributed by atoms with E-state index >= 15 is 0 Å². The summed E-state index contributed by atoms with van der Waals surface area (Å²) in [6.45, 7) is 2.05. The minimum Gasteiger partial charge on any atom is -0.332 e. The van der Waals surface area contributed by atoms with Crippen LogP contribution in [0.2, 0.25) is 0 Å². The van der Waals surface area contributed by atoms with Crippen LogP contribution in [-0.2, 0) is 12.5 Å². The summed E-state index contributed by atoms with van der Waals surface area (Å²) >= 11 is 0. The van der Waals surface area contributed by atoms with Gasteiger partial charge in [-0.2, -0.15) is 10.1 Å². The normalized spacial score (nSPS) is 15.9. The summed E-state index contributed by atoms with van der Waals surface area (Å²) in [4.78, 5) is 4.40. The summed E-state index contributed by atoms with van der Waals surface area (Å²) < 4.78 is 32.9. The van der Waals surface area contributed by atoms with Crippen LogP contribution in [0.5, 0.6) is 0 Å². The third-order valence-electron chi connectivity index (χ3n) is 4.56. The topological polar surface area (TPSA) is 56.7 Å². The van der Waals surface area contributed by atoms with Gasteiger partial charge >= 0.3 is 0 Å². The SMILES string of the molecule is Cc1ccccc1C1(c2noc(-c3nn(C)cc3C(F)F)n2)CC1. The second-order valence-electron chi connectivity index (χ2n) is 6.23. The van der Waals surface area contributed by atoms with E-state index < -0.39 is 6.43 Å². The van der Waals surface area contributed by atoms with Gasteiger partial charge in [-0.05, 0) is 30.9 Å². The maximum atomic E-state index is 13.2. The lowest BCUT2D eigenvalue weighted by Gasteiger charge is -2.13. The van der Waals surface area contributed by atoms with Crippen molar-refractivity contribution in [3.63, 3.8) is 0 Å². The summed E-state index contributed by atoms with van der Waals surface area (Å²) in [5.41, 5.74) is 1.90. The third-order valence-corrected chi connectivity index (χ3v) is 4.56. The van der Waals surface area contributed by atoms with E-state index in [-0.39, 0.29) is 22.6 Å². The van der Waals surface area contributed by atoms with E-state index in [9.17, 15) is 8.78 Å². The number of aryl methyl sites for hydroxylation is 2. The first-order chi connectivity index (χ1) is 11.5. The largest absolute Gasteiger partial charge is 0.332 e. The van der Waals surface area contributed by atoms with Gasteiger partial charge in [0.15, 0.2) is 11.5 Å². The van der Waals surface area contributed by atoms with Crippen LogP contribution in [0.25, 0.3) is 11.6 Å². The van der Waals surface area contributed by atoms with Gasteiger partial charge < -0.3 is 4.52 Å². The monoisotopic (exact) mass is 330 g/mol. The molecule has 0 unspecified atom stereocenters. The number of alkyl halides is 2. The van der Waals surface area contributed by atoms with Gasteiger partial charge in [0.25, 0.3) is 12.3 Å². The van der Waals surface area contributed by atoms with Crippen LogP contribution < -0.4 is 0 Å². The number of halogens is 2. The van der Waals surface area contributed by atoms with Crippen molar-refractivity contribution in [1.82, 2.24) is 19.9 Å². The van der Waals surface area contributed by atoms with E-state index in [2.05, 4.69) is 21.3 Å². The van der Waals surface area contributed by atoms with Gasteiger partial charge in [0.2, 0.25) is 0 Å². The van der Waals surface area contributed by atoms with E-state index in [0.29, 0.717) is 5.82 Å². The van der Waals surface area contributed by atoms with Gasteiger partial charge in [-0.3, -0.25) is 4.68 Å². The predicted octanol–water partition coefficient (Wildman–Crippen LogP) is 3.80. The zero-order chi connectivity index (χ0) is 16.9. The van der Waals surface area contributed by atoms with Gasteiger partial charge in [-0.15, -0.1) is 0 Å². The molecule has 5 nitrogen and oxygen atoms in total. The fourth-order valence-corrected chi connectivity index (χ4v) is 3.19. The summed E-state index contributed by atoms with van der Waals surface area (Å²) in [6.07, 6.45) is 0.467. The van der Waals surface area contributed by atoms with E-state index in [1.165, 1.54) is 10.9 Å². The van der Waals surface area contributed by atoms with Crippen molar-refractivity contribution in [3.05, 3.63) is 53.0 Å². The Kier molecular flexibility index (Phi) is 3.26. The lowest BCUT2D eigenvalue weighted by atomic mass is 9.91. The minimum absolute atomic E-state index is 0.0424. The molecule has 2 aromatic heterocycles. The lowest BCUT2D eigenvalue weighted by molar-refractivity contribution is 0.151. The van der Waals surface area contributed by atoms with Gasteiger partial charge in [-0.1, -0.05) is 29.4 Å². The minimum atomic E-state index is -2.64. The molecule has 0 radical (unpaired) electrons. The standard InChI is InChI=1S/C17H16F2N4O/c1-10-5-3-4-6-12(10)17(7-8-17)16-20-15(24-22-16)13-11(14(18)19)9-23(2)21-13/h3-6,9,14H,7-8H2,1-2H3. The molecular formula is C17H16F2N4O. The Morgan fingerprint density at radius 2 is 2.00 bits per heavy atom. The Morgan fingerprint density at radius 3 is 2.67 bits per heavy atom. The molecule has 1 saturated carbocycles. The van der Waals surface area contributed by atoms with Crippen molar-refractivity contribution in [1.29, 1.82) is 0 Å². The fourth-order valence-electron chi connectivity index (χ4n) is 3.19. The van der Waals surface area contributed by atoms with Crippen LogP contribution in [0, 0.1) is 6.92 Å². The third kappa shape index (κ3) is 2.23. The van der Waals surface area contributed by atoms with Gasteiger partial charge in [0.1, 0.15) is 0 Å². The van der Waals surface area contributed by atoms with Crippen molar-refractivity contribution in [3.8, 4) is 11.6 Å². The van der Waals surface area contributed by atoms with E-state index in [0.717, 1.165) is 24.0 Å². The lowest BCUT2D eigenvalue weighted by Crippen LogP contribution is -2.12. The molecule has 0 spiro atoms. The zero-order valence-electron chi connectivity index (χ0n) is 13.3. The molecule has 124 valence electrons.